The highest BCUT2D eigenvalue weighted by Crippen LogP contribution is 2.18. The second-order valence-electron chi connectivity index (χ2n) is 6.23. The number of fused-ring (bicyclic) bond motifs is 1. The summed E-state index contributed by atoms with van der Waals surface area (Å²) in [6, 6.07) is 17.8. The molecule has 1 amide bonds. The van der Waals surface area contributed by atoms with Gasteiger partial charge in [-0.2, -0.15) is 4.52 Å². The zero-order valence-corrected chi connectivity index (χ0v) is 15.1. The van der Waals surface area contributed by atoms with E-state index in [1.807, 2.05) is 24.3 Å². The van der Waals surface area contributed by atoms with Crippen LogP contribution in [-0.2, 0) is 6.42 Å². The van der Waals surface area contributed by atoms with Crippen LogP contribution in [0.4, 0.5) is 11.5 Å². The first kappa shape index (κ1) is 17.5. The lowest BCUT2D eigenvalue weighted by Crippen LogP contribution is -2.17. The molecule has 0 saturated carbocycles. The summed E-state index contributed by atoms with van der Waals surface area (Å²) >= 11 is 0. The number of hydrogen-bond acceptors (Lipinski definition) is 6. The minimum atomic E-state index is -0.151. The van der Waals surface area contributed by atoms with Crippen LogP contribution < -0.4 is 10.6 Å². The first-order chi connectivity index (χ1) is 13.6. The quantitative estimate of drug-likeness (QED) is 0.496. The van der Waals surface area contributed by atoms with Gasteiger partial charge in [-0.05, 0) is 48.0 Å². The van der Waals surface area contributed by atoms with Crippen LogP contribution in [0.3, 0.4) is 0 Å². The van der Waals surface area contributed by atoms with Gasteiger partial charge < -0.3 is 15.7 Å². The Morgan fingerprint density at radius 1 is 1.07 bits per heavy atom. The van der Waals surface area contributed by atoms with Gasteiger partial charge in [0.1, 0.15) is 5.75 Å². The summed E-state index contributed by atoms with van der Waals surface area (Å²) in [7, 11) is 1.60. The summed E-state index contributed by atoms with van der Waals surface area (Å²) in [6.45, 7) is 0. The molecule has 28 heavy (non-hydrogen) atoms. The van der Waals surface area contributed by atoms with Crippen LogP contribution >= 0.6 is 0 Å². The van der Waals surface area contributed by atoms with Gasteiger partial charge in [0.05, 0.1) is 0 Å². The van der Waals surface area contributed by atoms with Crippen molar-refractivity contribution in [1.29, 1.82) is 0 Å². The second kappa shape index (κ2) is 7.36. The van der Waals surface area contributed by atoms with E-state index < -0.39 is 0 Å². The third-order valence-electron chi connectivity index (χ3n) is 4.25. The van der Waals surface area contributed by atoms with Crippen LogP contribution in [0.1, 0.15) is 21.7 Å². The Kier molecular flexibility index (Phi) is 4.59. The first-order valence-corrected chi connectivity index (χ1v) is 8.71. The van der Waals surface area contributed by atoms with Crippen molar-refractivity contribution >= 4 is 23.1 Å². The Labute approximate surface area is 160 Å². The van der Waals surface area contributed by atoms with Crippen molar-refractivity contribution in [3.8, 4) is 5.75 Å². The van der Waals surface area contributed by atoms with Gasteiger partial charge in [0.25, 0.3) is 5.91 Å². The van der Waals surface area contributed by atoms with E-state index in [4.69, 9.17) is 0 Å². The topological polar surface area (TPSA) is 104 Å². The van der Waals surface area contributed by atoms with E-state index in [0.717, 1.165) is 11.3 Å². The molecule has 0 fully saturated rings. The van der Waals surface area contributed by atoms with E-state index in [9.17, 15) is 9.90 Å². The zero-order valence-electron chi connectivity index (χ0n) is 15.1. The van der Waals surface area contributed by atoms with Crippen LogP contribution in [0.2, 0.25) is 0 Å². The third-order valence-corrected chi connectivity index (χ3v) is 4.25. The van der Waals surface area contributed by atoms with E-state index in [2.05, 4.69) is 25.9 Å². The Morgan fingerprint density at radius 2 is 1.89 bits per heavy atom. The number of aromatic hydroxyl groups is 1. The highest BCUT2D eigenvalue weighted by Gasteiger charge is 2.10. The minimum Gasteiger partial charge on any atom is -0.508 e. The number of nitrogens with one attached hydrogen (secondary N) is 2. The number of phenols is 1. The summed E-state index contributed by atoms with van der Waals surface area (Å²) in [5.74, 6) is 1.36. The number of carbonyl (C=O) groups excluding carboxylic acids is 1. The molecule has 8 nitrogen and oxygen atoms in total. The fourth-order valence-corrected chi connectivity index (χ4v) is 2.84. The molecule has 4 aromatic rings. The van der Waals surface area contributed by atoms with Crippen molar-refractivity contribution < 1.29 is 9.90 Å². The largest absolute Gasteiger partial charge is 0.508 e. The molecule has 2 heterocycles. The lowest BCUT2D eigenvalue weighted by molar-refractivity contribution is 0.0963. The van der Waals surface area contributed by atoms with Crippen LogP contribution in [0.5, 0.6) is 5.75 Å². The molecule has 140 valence electrons. The highest BCUT2D eigenvalue weighted by molar-refractivity contribution is 5.95. The smallest absolute Gasteiger partial charge is 0.251 e. The van der Waals surface area contributed by atoms with Crippen LogP contribution in [0, 0.1) is 0 Å². The number of rotatable bonds is 5. The highest BCUT2D eigenvalue weighted by atomic mass is 16.3. The van der Waals surface area contributed by atoms with Gasteiger partial charge in [-0.25, -0.2) is 0 Å². The Bertz CT molecular complexity index is 1140. The fourth-order valence-electron chi connectivity index (χ4n) is 2.84. The van der Waals surface area contributed by atoms with E-state index in [1.165, 1.54) is 0 Å². The Hall–Kier alpha value is -3.94. The molecule has 0 bridgehead atoms. The predicted molar refractivity (Wildman–Crippen MR) is 105 cm³/mol. The molecular weight excluding hydrogens is 356 g/mol. The summed E-state index contributed by atoms with van der Waals surface area (Å²) in [5.41, 5.74) is 2.94. The molecule has 0 radical (unpaired) electrons. The summed E-state index contributed by atoms with van der Waals surface area (Å²) in [6.07, 6.45) is 0.532. The van der Waals surface area contributed by atoms with Crippen molar-refractivity contribution in [2.24, 2.45) is 0 Å². The van der Waals surface area contributed by atoms with Crippen molar-refractivity contribution in [2.75, 3.05) is 12.4 Å². The van der Waals surface area contributed by atoms with Gasteiger partial charge in [0.2, 0.25) is 0 Å². The van der Waals surface area contributed by atoms with Gasteiger partial charge in [0.15, 0.2) is 17.3 Å². The second-order valence-corrected chi connectivity index (χ2v) is 6.23. The average Bonchev–Trinajstić information content (AvgIpc) is 3.11. The van der Waals surface area contributed by atoms with Crippen molar-refractivity contribution in [3.05, 3.63) is 77.6 Å². The molecule has 0 saturated heterocycles. The third kappa shape index (κ3) is 3.61. The average molecular weight is 374 g/mol. The number of aromatic nitrogens is 4. The lowest BCUT2D eigenvalue weighted by atomic mass is 10.1. The van der Waals surface area contributed by atoms with E-state index in [-0.39, 0.29) is 11.7 Å². The Morgan fingerprint density at radius 3 is 2.68 bits per heavy atom. The molecule has 0 aliphatic rings. The van der Waals surface area contributed by atoms with Crippen molar-refractivity contribution in [2.45, 2.75) is 6.42 Å². The molecule has 0 aliphatic heterocycles. The van der Waals surface area contributed by atoms with Gasteiger partial charge >= 0.3 is 0 Å². The molecule has 0 atom stereocenters. The maximum Gasteiger partial charge on any atom is 0.251 e. The number of anilines is 2. The molecular formula is C20H18N6O2. The molecule has 0 spiro atoms. The van der Waals surface area contributed by atoms with E-state index >= 15 is 0 Å². The number of phenolic OH excluding ortho intramolecular Hbond substituents is 1. The summed E-state index contributed by atoms with van der Waals surface area (Å²) in [5, 5.41) is 28.2. The lowest BCUT2D eigenvalue weighted by Gasteiger charge is -2.08. The maximum absolute atomic E-state index is 11.8. The molecule has 2 aromatic heterocycles. The molecule has 3 N–H and O–H groups in total. The van der Waals surface area contributed by atoms with Gasteiger partial charge in [-0.1, -0.05) is 18.2 Å². The maximum atomic E-state index is 11.8. The summed E-state index contributed by atoms with van der Waals surface area (Å²) in [4.78, 5) is 11.8. The molecule has 4 rings (SSSR count). The van der Waals surface area contributed by atoms with Gasteiger partial charge in [-0.3, -0.25) is 4.79 Å². The molecule has 0 unspecified atom stereocenters. The van der Waals surface area contributed by atoms with E-state index in [0.29, 0.717) is 29.3 Å². The number of carbonyl (C=O) groups is 1. The zero-order chi connectivity index (χ0) is 19.5. The van der Waals surface area contributed by atoms with Gasteiger partial charge in [0, 0.05) is 24.7 Å². The molecule has 0 aliphatic carbocycles. The SMILES string of the molecule is CNC(=O)c1cccc(Nc2ccc3nnc(Cc4ccc(O)cc4)n3n2)c1. The van der Waals surface area contributed by atoms with E-state index in [1.54, 1.807) is 48.0 Å². The number of amides is 1. The number of hydrogen-bond donors (Lipinski definition) is 3. The van der Waals surface area contributed by atoms with Crippen LogP contribution in [0.25, 0.3) is 5.65 Å². The predicted octanol–water partition coefficient (Wildman–Crippen LogP) is 2.52. The fraction of sp³-hybridized carbons (Fsp3) is 0.100. The normalized spacial score (nSPS) is 10.8. The first-order valence-electron chi connectivity index (χ1n) is 8.71. The minimum absolute atomic E-state index is 0.151. The Balaban J connectivity index is 1.61. The molecule has 8 heteroatoms. The monoisotopic (exact) mass is 374 g/mol. The van der Waals surface area contributed by atoms with Crippen LogP contribution in [-0.4, -0.2) is 37.9 Å². The molecule has 2 aromatic carbocycles. The van der Waals surface area contributed by atoms with Crippen molar-refractivity contribution in [1.82, 2.24) is 25.1 Å². The standard InChI is InChI=1S/C20H18N6O2/c1-21-20(28)14-3-2-4-15(12-14)22-17-9-10-18-23-24-19(26(18)25-17)11-13-5-7-16(27)8-6-13/h2-10,12,27H,11H2,1H3,(H,21,28)(H,22,25). The number of nitrogens with zero attached hydrogens (tertiary/aromatic N) is 4. The van der Waals surface area contributed by atoms with Gasteiger partial charge in [-0.15, -0.1) is 15.3 Å². The van der Waals surface area contributed by atoms with Crippen LogP contribution in [0.15, 0.2) is 60.7 Å². The summed E-state index contributed by atoms with van der Waals surface area (Å²) < 4.78 is 1.68. The van der Waals surface area contributed by atoms with Crippen molar-refractivity contribution in [3.63, 3.8) is 0 Å². The number of benzene rings is 2.